The Bertz CT molecular complexity index is 674. The summed E-state index contributed by atoms with van der Waals surface area (Å²) in [6, 6.07) is 6.98. The Labute approximate surface area is 133 Å². The molecule has 0 N–H and O–H groups in total. The average Bonchev–Trinajstić information content (AvgIpc) is 3.01. The molecule has 0 aliphatic heterocycles. The van der Waals surface area contributed by atoms with Gasteiger partial charge in [0.2, 0.25) is 0 Å². The van der Waals surface area contributed by atoms with Gasteiger partial charge in [0.25, 0.3) is 0 Å². The standard InChI is InChI=1S/C17H16O4S/c1-3-5-13-8-12(11-18)9-15(20-2)17(13)21-16(19)10-14-6-4-7-22-14/h3-4,6-9,11H,1,5,10H2,2H3. The number of thiophene rings is 1. The molecule has 0 aliphatic carbocycles. The molecule has 5 heteroatoms. The Morgan fingerprint density at radius 3 is 2.82 bits per heavy atom. The second-order valence-electron chi connectivity index (χ2n) is 4.55. The molecule has 2 rings (SSSR count). The van der Waals surface area contributed by atoms with Gasteiger partial charge in [-0.15, -0.1) is 17.9 Å². The highest BCUT2D eigenvalue weighted by Gasteiger charge is 2.16. The molecular formula is C17H16O4S. The molecule has 0 fully saturated rings. The van der Waals surface area contributed by atoms with Gasteiger partial charge in [-0.1, -0.05) is 12.1 Å². The molecule has 1 aromatic carbocycles. The third-order valence-corrected chi connectivity index (χ3v) is 3.87. The summed E-state index contributed by atoms with van der Waals surface area (Å²) in [7, 11) is 1.47. The summed E-state index contributed by atoms with van der Waals surface area (Å²) in [4.78, 5) is 24.0. The van der Waals surface area contributed by atoms with Crippen LogP contribution in [0.3, 0.4) is 0 Å². The predicted octanol–water partition coefficient (Wildman–Crippen LogP) is 3.45. The van der Waals surface area contributed by atoms with Crippen LogP contribution in [0.25, 0.3) is 0 Å². The van der Waals surface area contributed by atoms with Gasteiger partial charge in [0, 0.05) is 16.0 Å². The van der Waals surface area contributed by atoms with Crippen LogP contribution >= 0.6 is 11.3 Å². The number of ether oxygens (including phenoxy) is 2. The monoisotopic (exact) mass is 316 g/mol. The largest absolute Gasteiger partial charge is 0.493 e. The molecule has 0 unspecified atom stereocenters. The van der Waals surface area contributed by atoms with Crippen molar-refractivity contribution in [2.75, 3.05) is 7.11 Å². The van der Waals surface area contributed by atoms with Crippen LogP contribution in [0.4, 0.5) is 0 Å². The highest BCUT2D eigenvalue weighted by atomic mass is 32.1. The fraction of sp³-hybridized carbons (Fsp3) is 0.176. The summed E-state index contributed by atoms with van der Waals surface area (Å²) in [5.41, 5.74) is 1.16. The molecule has 0 radical (unpaired) electrons. The van der Waals surface area contributed by atoms with Crippen molar-refractivity contribution in [1.29, 1.82) is 0 Å². The lowest BCUT2D eigenvalue weighted by Gasteiger charge is -2.14. The molecule has 114 valence electrons. The number of carbonyl (C=O) groups is 2. The van der Waals surface area contributed by atoms with Crippen molar-refractivity contribution in [3.05, 3.63) is 58.3 Å². The van der Waals surface area contributed by atoms with E-state index in [9.17, 15) is 9.59 Å². The molecule has 0 saturated carbocycles. The lowest BCUT2D eigenvalue weighted by molar-refractivity contribution is -0.133. The fourth-order valence-corrected chi connectivity index (χ4v) is 2.72. The van der Waals surface area contributed by atoms with Gasteiger partial charge in [-0.3, -0.25) is 9.59 Å². The Kier molecular flexibility index (Phi) is 5.49. The minimum atomic E-state index is -0.370. The van der Waals surface area contributed by atoms with Crippen LogP contribution in [0.2, 0.25) is 0 Å². The van der Waals surface area contributed by atoms with Crippen LogP contribution in [0.1, 0.15) is 20.8 Å². The number of aldehydes is 1. The molecule has 0 bridgehead atoms. The second-order valence-corrected chi connectivity index (χ2v) is 5.58. The van der Waals surface area contributed by atoms with E-state index in [2.05, 4.69) is 6.58 Å². The summed E-state index contributed by atoms with van der Waals surface area (Å²) >= 11 is 1.50. The first-order valence-electron chi connectivity index (χ1n) is 6.68. The number of hydrogen-bond donors (Lipinski definition) is 0. The summed E-state index contributed by atoms with van der Waals surface area (Å²) in [6.45, 7) is 3.68. The number of esters is 1. The van der Waals surface area contributed by atoms with Crippen LogP contribution in [0.5, 0.6) is 11.5 Å². The highest BCUT2D eigenvalue weighted by Crippen LogP contribution is 2.33. The van der Waals surface area contributed by atoms with E-state index in [0.29, 0.717) is 29.0 Å². The Morgan fingerprint density at radius 1 is 1.41 bits per heavy atom. The molecule has 0 saturated heterocycles. The van der Waals surface area contributed by atoms with Crippen molar-refractivity contribution in [2.24, 2.45) is 0 Å². The maximum absolute atomic E-state index is 12.1. The van der Waals surface area contributed by atoms with Crippen molar-refractivity contribution in [1.82, 2.24) is 0 Å². The second kappa shape index (κ2) is 7.56. The first-order valence-corrected chi connectivity index (χ1v) is 7.56. The predicted molar refractivity (Wildman–Crippen MR) is 85.9 cm³/mol. The van der Waals surface area contributed by atoms with Crippen molar-refractivity contribution in [3.8, 4) is 11.5 Å². The molecule has 0 atom stereocenters. The van der Waals surface area contributed by atoms with E-state index < -0.39 is 0 Å². The van der Waals surface area contributed by atoms with E-state index in [-0.39, 0.29) is 12.4 Å². The molecule has 4 nitrogen and oxygen atoms in total. The minimum Gasteiger partial charge on any atom is -0.493 e. The smallest absolute Gasteiger partial charge is 0.316 e. The van der Waals surface area contributed by atoms with Gasteiger partial charge in [-0.2, -0.15) is 0 Å². The van der Waals surface area contributed by atoms with Crippen molar-refractivity contribution in [2.45, 2.75) is 12.8 Å². The number of benzene rings is 1. The summed E-state index contributed by atoms with van der Waals surface area (Å²) in [6.07, 6.45) is 3.08. The van der Waals surface area contributed by atoms with Gasteiger partial charge in [-0.05, 0) is 30.0 Å². The summed E-state index contributed by atoms with van der Waals surface area (Å²) in [5.74, 6) is 0.334. The highest BCUT2D eigenvalue weighted by molar-refractivity contribution is 7.10. The number of allylic oxidation sites excluding steroid dienone is 1. The molecule has 2 aromatic rings. The van der Waals surface area contributed by atoms with Crippen molar-refractivity contribution < 1.29 is 19.1 Å². The minimum absolute atomic E-state index is 0.198. The molecule has 0 spiro atoms. The zero-order chi connectivity index (χ0) is 15.9. The van der Waals surface area contributed by atoms with Gasteiger partial charge in [0.1, 0.15) is 6.29 Å². The van der Waals surface area contributed by atoms with Crippen LogP contribution < -0.4 is 9.47 Å². The van der Waals surface area contributed by atoms with Gasteiger partial charge < -0.3 is 9.47 Å². The average molecular weight is 316 g/mol. The third-order valence-electron chi connectivity index (χ3n) is 2.99. The number of rotatable bonds is 7. The Hall–Kier alpha value is -2.40. The summed E-state index contributed by atoms with van der Waals surface area (Å²) in [5, 5.41) is 1.91. The van der Waals surface area contributed by atoms with Crippen molar-refractivity contribution >= 4 is 23.6 Å². The van der Waals surface area contributed by atoms with Crippen LogP contribution in [0, 0.1) is 0 Å². The van der Waals surface area contributed by atoms with Crippen LogP contribution in [-0.4, -0.2) is 19.4 Å². The first-order chi connectivity index (χ1) is 10.7. The maximum atomic E-state index is 12.1. The number of methoxy groups -OCH3 is 1. The normalized spacial score (nSPS) is 10.0. The topological polar surface area (TPSA) is 52.6 Å². The van der Waals surface area contributed by atoms with E-state index in [1.807, 2.05) is 17.5 Å². The lowest BCUT2D eigenvalue weighted by Crippen LogP contribution is -2.12. The SMILES string of the molecule is C=CCc1cc(C=O)cc(OC)c1OC(=O)Cc1cccs1. The fourth-order valence-electron chi connectivity index (χ4n) is 2.03. The molecule has 1 heterocycles. The lowest BCUT2D eigenvalue weighted by atomic mass is 10.1. The molecule has 0 amide bonds. The van der Waals surface area contributed by atoms with Crippen LogP contribution in [-0.2, 0) is 17.6 Å². The number of carbonyl (C=O) groups excluding carboxylic acids is 2. The molecule has 22 heavy (non-hydrogen) atoms. The zero-order valence-electron chi connectivity index (χ0n) is 12.2. The third kappa shape index (κ3) is 3.83. The van der Waals surface area contributed by atoms with Crippen LogP contribution in [0.15, 0.2) is 42.3 Å². The number of hydrogen-bond acceptors (Lipinski definition) is 5. The van der Waals surface area contributed by atoms with Gasteiger partial charge >= 0.3 is 5.97 Å². The van der Waals surface area contributed by atoms with E-state index >= 15 is 0 Å². The zero-order valence-corrected chi connectivity index (χ0v) is 13.0. The van der Waals surface area contributed by atoms with E-state index in [1.165, 1.54) is 18.4 Å². The first kappa shape index (κ1) is 16.0. The summed E-state index contributed by atoms with van der Waals surface area (Å²) < 4.78 is 10.7. The molecule has 1 aromatic heterocycles. The molecular weight excluding hydrogens is 300 g/mol. The van der Waals surface area contributed by atoms with E-state index in [0.717, 1.165) is 11.2 Å². The van der Waals surface area contributed by atoms with Gasteiger partial charge in [0.05, 0.1) is 13.5 Å². The van der Waals surface area contributed by atoms with E-state index in [1.54, 1.807) is 18.2 Å². The van der Waals surface area contributed by atoms with Crippen molar-refractivity contribution in [3.63, 3.8) is 0 Å². The van der Waals surface area contributed by atoms with Gasteiger partial charge in [-0.25, -0.2) is 0 Å². The van der Waals surface area contributed by atoms with E-state index in [4.69, 9.17) is 9.47 Å². The Balaban J connectivity index is 2.29. The Morgan fingerprint density at radius 2 is 2.23 bits per heavy atom. The quantitative estimate of drug-likeness (QED) is 0.340. The maximum Gasteiger partial charge on any atom is 0.316 e. The molecule has 0 aliphatic rings. The van der Waals surface area contributed by atoms with Gasteiger partial charge in [0.15, 0.2) is 11.5 Å².